The Balaban J connectivity index is 3.25. The Bertz CT molecular complexity index is 373. The summed E-state index contributed by atoms with van der Waals surface area (Å²) in [7, 11) is 0. The van der Waals surface area contributed by atoms with E-state index in [4.69, 9.17) is 0 Å². The van der Waals surface area contributed by atoms with E-state index >= 15 is 0 Å². The van der Waals surface area contributed by atoms with Gasteiger partial charge < -0.3 is 10.2 Å². The van der Waals surface area contributed by atoms with Crippen LogP contribution in [0.15, 0.2) is 37.5 Å². The third-order valence-electron chi connectivity index (χ3n) is 5.16. The Kier molecular flexibility index (Phi) is 4.81. The molecule has 0 heterocycles. The molecular formula is C17H28O2. The minimum atomic E-state index is -0.982. The largest absolute Gasteiger partial charge is 0.392 e. The van der Waals surface area contributed by atoms with E-state index in [-0.39, 0.29) is 11.8 Å². The van der Waals surface area contributed by atoms with Crippen molar-refractivity contribution in [2.45, 2.75) is 51.7 Å². The summed E-state index contributed by atoms with van der Waals surface area (Å²) in [4.78, 5) is 0. The van der Waals surface area contributed by atoms with Gasteiger partial charge in [-0.15, -0.1) is 13.2 Å². The minimum Gasteiger partial charge on any atom is -0.392 e. The molecule has 5 atom stereocenters. The molecule has 0 spiro atoms. The van der Waals surface area contributed by atoms with E-state index in [9.17, 15) is 10.2 Å². The summed E-state index contributed by atoms with van der Waals surface area (Å²) in [6.07, 6.45) is 4.86. The Morgan fingerprint density at radius 2 is 2.05 bits per heavy atom. The maximum absolute atomic E-state index is 11.3. The van der Waals surface area contributed by atoms with Gasteiger partial charge in [-0.25, -0.2) is 0 Å². The highest BCUT2D eigenvalue weighted by atomic mass is 16.3. The van der Waals surface area contributed by atoms with Gasteiger partial charge >= 0.3 is 0 Å². The maximum atomic E-state index is 11.3. The highest BCUT2D eigenvalue weighted by molar-refractivity contribution is 5.16. The lowest BCUT2D eigenvalue weighted by molar-refractivity contribution is -0.190. The molecule has 1 rings (SSSR count). The topological polar surface area (TPSA) is 40.5 Å². The molecule has 0 amide bonds. The van der Waals surface area contributed by atoms with Gasteiger partial charge in [0.2, 0.25) is 0 Å². The van der Waals surface area contributed by atoms with Crippen LogP contribution in [0.3, 0.4) is 0 Å². The van der Waals surface area contributed by atoms with Crippen molar-refractivity contribution >= 4 is 0 Å². The first-order valence-electron chi connectivity index (χ1n) is 7.02. The lowest BCUT2D eigenvalue weighted by atomic mass is 9.54. The van der Waals surface area contributed by atoms with Crippen LogP contribution < -0.4 is 0 Å². The second kappa shape index (κ2) is 5.64. The lowest BCUT2D eigenvalue weighted by Crippen LogP contribution is -2.61. The summed E-state index contributed by atoms with van der Waals surface area (Å²) < 4.78 is 0. The molecule has 2 heteroatoms. The summed E-state index contributed by atoms with van der Waals surface area (Å²) in [5.74, 6) is 0.0644. The zero-order valence-electron chi connectivity index (χ0n) is 12.5. The minimum absolute atomic E-state index is 0.0887. The molecule has 19 heavy (non-hydrogen) atoms. The highest BCUT2D eigenvalue weighted by Gasteiger charge is 2.57. The quantitative estimate of drug-likeness (QED) is 0.746. The zero-order chi connectivity index (χ0) is 14.8. The van der Waals surface area contributed by atoms with Crippen LogP contribution in [-0.4, -0.2) is 21.9 Å². The van der Waals surface area contributed by atoms with Crippen LogP contribution in [0, 0.1) is 17.3 Å². The summed E-state index contributed by atoms with van der Waals surface area (Å²) >= 11 is 0. The molecule has 1 saturated carbocycles. The number of hydrogen-bond acceptors (Lipinski definition) is 2. The van der Waals surface area contributed by atoms with Crippen LogP contribution in [-0.2, 0) is 0 Å². The van der Waals surface area contributed by atoms with Gasteiger partial charge in [0.25, 0.3) is 0 Å². The zero-order valence-corrected chi connectivity index (χ0v) is 12.5. The lowest BCUT2D eigenvalue weighted by Gasteiger charge is -2.55. The highest BCUT2D eigenvalue weighted by Crippen LogP contribution is 2.53. The predicted molar refractivity (Wildman–Crippen MR) is 80.8 cm³/mol. The molecule has 108 valence electrons. The molecule has 0 aromatic rings. The van der Waals surface area contributed by atoms with E-state index in [0.717, 1.165) is 5.57 Å². The van der Waals surface area contributed by atoms with Gasteiger partial charge in [-0.1, -0.05) is 38.2 Å². The van der Waals surface area contributed by atoms with E-state index in [1.165, 1.54) is 0 Å². The fourth-order valence-corrected chi connectivity index (χ4v) is 3.40. The second-order valence-corrected chi connectivity index (χ2v) is 6.36. The molecule has 0 saturated heterocycles. The van der Waals surface area contributed by atoms with Crippen LogP contribution >= 0.6 is 0 Å². The van der Waals surface area contributed by atoms with Gasteiger partial charge in [0.1, 0.15) is 0 Å². The van der Waals surface area contributed by atoms with E-state index in [1.54, 1.807) is 12.2 Å². The third kappa shape index (κ3) is 2.56. The molecule has 1 fully saturated rings. The van der Waals surface area contributed by atoms with Gasteiger partial charge in [0, 0.05) is 11.3 Å². The number of allylic oxidation sites excluding steroid dienone is 2. The third-order valence-corrected chi connectivity index (χ3v) is 5.16. The van der Waals surface area contributed by atoms with Crippen LogP contribution in [0.2, 0.25) is 0 Å². The van der Waals surface area contributed by atoms with Crippen molar-refractivity contribution in [3.63, 3.8) is 0 Å². The standard InChI is InChI=1S/C17H28O2/c1-7-9-16(6)15(18)10-14(12(3)4)11-17(16,19)13(5)8-2/h7-8,13-15,18-19H,1-3,9-11H2,4-6H3/t13-,14-,15-,16+,17-/m1/s1. The molecular weight excluding hydrogens is 236 g/mol. The predicted octanol–water partition coefficient (Wildman–Crippen LogP) is 3.47. The van der Waals surface area contributed by atoms with Crippen LogP contribution in [0.1, 0.15) is 40.0 Å². The fraction of sp³-hybridized carbons (Fsp3) is 0.647. The number of hydrogen-bond donors (Lipinski definition) is 2. The van der Waals surface area contributed by atoms with E-state index in [1.807, 2.05) is 20.8 Å². The molecule has 0 aromatic carbocycles. The summed E-state index contributed by atoms with van der Waals surface area (Å²) in [6.45, 7) is 17.5. The maximum Gasteiger partial charge on any atom is 0.0793 e. The van der Waals surface area contributed by atoms with Crippen molar-refractivity contribution < 1.29 is 10.2 Å². The molecule has 2 nitrogen and oxygen atoms in total. The SMILES string of the molecule is C=CC[C@@]1(C)[C@H](O)C[C@@H](C(=C)C)C[C@@]1(O)[C@H](C)C=C. The van der Waals surface area contributed by atoms with Gasteiger partial charge in [-0.2, -0.15) is 0 Å². The van der Waals surface area contributed by atoms with Crippen molar-refractivity contribution in [2.75, 3.05) is 0 Å². The molecule has 1 aliphatic carbocycles. The average molecular weight is 264 g/mol. The summed E-state index contributed by atoms with van der Waals surface area (Å²) in [5, 5.41) is 21.8. The average Bonchev–Trinajstić information content (AvgIpc) is 2.34. The van der Waals surface area contributed by atoms with Crippen molar-refractivity contribution in [2.24, 2.45) is 17.3 Å². The molecule has 2 N–H and O–H groups in total. The van der Waals surface area contributed by atoms with Crippen molar-refractivity contribution in [3.8, 4) is 0 Å². The van der Waals surface area contributed by atoms with Crippen LogP contribution in [0.25, 0.3) is 0 Å². The Labute approximate surface area is 117 Å². The first-order valence-corrected chi connectivity index (χ1v) is 7.02. The second-order valence-electron chi connectivity index (χ2n) is 6.36. The molecule has 1 aliphatic rings. The first kappa shape index (κ1) is 16.2. The summed E-state index contributed by atoms with van der Waals surface area (Å²) in [6, 6.07) is 0. The van der Waals surface area contributed by atoms with Crippen molar-refractivity contribution in [1.29, 1.82) is 0 Å². The molecule has 0 bridgehead atoms. The normalized spacial score (nSPS) is 40.5. The fourth-order valence-electron chi connectivity index (χ4n) is 3.40. The molecule has 0 unspecified atom stereocenters. The number of aliphatic hydroxyl groups is 2. The Morgan fingerprint density at radius 3 is 2.47 bits per heavy atom. The number of aliphatic hydroxyl groups excluding tert-OH is 1. The monoisotopic (exact) mass is 264 g/mol. The van der Waals surface area contributed by atoms with Gasteiger partial charge in [0.05, 0.1) is 11.7 Å². The summed E-state index contributed by atoms with van der Waals surface area (Å²) in [5.41, 5.74) is -0.548. The van der Waals surface area contributed by atoms with E-state index in [2.05, 4.69) is 19.7 Å². The van der Waals surface area contributed by atoms with E-state index in [0.29, 0.717) is 19.3 Å². The van der Waals surface area contributed by atoms with Crippen LogP contribution in [0.5, 0.6) is 0 Å². The molecule has 0 radical (unpaired) electrons. The van der Waals surface area contributed by atoms with Crippen LogP contribution in [0.4, 0.5) is 0 Å². The van der Waals surface area contributed by atoms with Crippen molar-refractivity contribution in [3.05, 3.63) is 37.5 Å². The Hall–Kier alpha value is -0.860. The van der Waals surface area contributed by atoms with Gasteiger partial charge in [0.15, 0.2) is 0 Å². The molecule has 0 aromatic heterocycles. The number of rotatable bonds is 5. The Morgan fingerprint density at radius 1 is 1.47 bits per heavy atom. The van der Waals surface area contributed by atoms with Gasteiger partial charge in [-0.3, -0.25) is 0 Å². The van der Waals surface area contributed by atoms with Gasteiger partial charge in [-0.05, 0) is 32.1 Å². The van der Waals surface area contributed by atoms with Crippen molar-refractivity contribution in [1.82, 2.24) is 0 Å². The first-order chi connectivity index (χ1) is 8.72. The molecule has 0 aliphatic heterocycles. The van der Waals surface area contributed by atoms with E-state index < -0.39 is 17.1 Å². The smallest absolute Gasteiger partial charge is 0.0793 e.